The third-order valence-electron chi connectivity index (χ3n) is 9.20. The molecule has 0 unspecified atom stereocenters. The molecule has 0 radical (unpaired) electrons. The molecule has 0 atom stereocenters. The van der Waals surface area contributed by atoms with Gasteiger partial charge in [0.1, 0.15) is 0 Å². The summed E-state index contributed by atoms with van der Waals surface area (Å²) < 4.78 is 0. The summed E-state index contributed by atoms with van der Waals surface area (Å²) in [5.74, 6) is 0. The molecule has 0 fully saturated rings. The molecule has 5 heteroatoms. The van der Waals surface area contributed by atoms with Gasteiger partial charge in [-0.1, -0.05) is 171 Å². The molecule has 0 spiro atoms. The van der Waals surface area contributed by atoms with Crippen LogP contribution in [0.4, 0.5) is 0 Å². The molecule has 0 amide bonds. The van der Waals surface area contributed by atoms with Crippen LogP contribution in [-0.4, -0.2) is 0 Å². The third kappa shape index (κ3) is 9.99. The summed E-state index contributed by atoms with van der Waals surface area (Å²) in [4.78, 5) is 0. The summed E-state index contributed by atoms with van der Waals surface area (Å²) in [7, 11) is 0. The molecule has 7 aromatic rings. The maximum atomic E-state index is 6.32. The number of fused-ring (bicyclic) bond motifs is 5. The predicted molar refractivity (Wildman–Crippen MR) is 213 cm³/mol. The SMILES string of the molecule is CC(C)(C)c1c[c-]c2c(c1)-c1cc(C(C)(C)C)ccc1C2.Clc1ccc([CH-]c2ccc(Cl)c3ccccc23)c2ccccc12.[Cl-].[Cl-].[Zr+2].c1cc[cH-]c1. The summed E-state index contributed by atoms with van der Waals surface area (Å²) in [5, 5.41) is 6.00. The van der Waals surface area contributed by atoms with Gasteiger partial charge in [0.15, 0.2) is 0 Å². The van der Waals surface area contributed by atoms with E-state index in [9.17, 15) is 0 Å². The van der Waals surface area contributed by atoms with Crippen LogP contribution in [0.15, 0.2) is 133 Å². The Kier molecular flexibility index (Phi) is 15.4. The summed E-state index contributed by atoms with van der Waals surface area (Å²) >= 11 is 12.6. The topological polar surface area (TPSA) is 0 Å². The molecule has 0 aliphatic heterocycles. The van der Waals surface area contributed by atoms with Crippen molar-refractivity contribution in [3.05, 3.63) is 189 Å². The van der Waals surface area contributed by atoms with Gasteiger partial charge in [0.2, 0.25) is 0 Å². The van der Waals surface area contributed by atoms with Crippen molar-refractivity contribution < 1.29 is 51.0 Å². The van der Waals surface area contributed by atoms with Gasteiger partial charge < -0.3 is 24.8 Å². The van der Waals surface area contributed by atoms with E-state index in [0.717, 1.165) is 49.1 Å². The number of benzene rings is 6. The van der Waals surface area contributed by atoms with E-state index in [1.54, 1.807) is 0 Å². The van der Waals surface area contributed by atoms with Crippen molar-refractivity contribution in [3.8, 4) is 11.1 Å². The molecule has 0 saturated heterocycles. The van der Waals surface area contributed by atoms with E-state index in [1.807, 2.05) is 66.7 Å². The molecule has 0 saturated carbocycles. The summed E-state index contributed by atoms with van der Waals surface area (Å²) in [6.07, 6.45) is 3.22. The van der Waals surface area contributed by atoms with Crippen molar-refractivity contribution >= 4 is 44.7 Å². The zero-order valence-electron chi connectivity index (χ0n) is 30.5. The van der Waals surface area contributed by atoms with E-state index in [2.05, 4.69) is 121 Å². The maximum absolute atomic E-state index is 6.32. The van der Waals surface area contributed by atoms with E-state index < -0.39 is 0 Å². The van der Waals surface area contributed by atoms with E-state index >= 15 is 0 Å². The quantitative estimate of drug-likeness (QED) is 0.155. The first kappa shape index (κ1) is 43.5. The zero-order valence-corrected chi connectivity index (χ0v) is 36.0. The Morgan fingerprint density at radius 3 is 1.52 bits per heavy atom. The fourth-order valence-electron chi connectivity index (χ4n) is 6.30. The van der Waals surface area contributed by atoms with Gasteiger partial charge in [-0.25, -0.2) is 12.1 Å². The summed E-state index contributed by atoms with van der Waals surface area (Å²) in [6.45, 7) is 13.6. The van der Waals surface area contributed by atoms with Crippen LogP contribution in [0.25, 0.3) is 32.7 Å². The molecule has 8 rings (SSSR count). The first-order chi connectivity index (χ1) is 23.4. The maximum Gasteiger partial charge on any atom is 2.00 e. The van der Waals surface area contributed by atoms with E-state index in [1.165, 1.54) is 33.4 Å². The van der Waals surface area contributed by atoms with Crippen LogP contribution in [0.1, 0.15) is 74.9 Å². The normalized spacial score (nSPS) is 11.3. The first-order valence-electron chi connectivity index (χ1n) is 16.9. The molecule has 266 valence electrons. The van der Waals surface area contributed by atoms with Gasteiger partial charge in [-0.2, -0.15) is 47.5 Å². The fraction of sp³-hybridized carbons (Fsp3) is 0.191. The Morgan fingerprint density at radius 2 is 1.06 bits per heavy atom. The molecule has 1 aliphatic rings. The minimum absolute atomic E-state index is 0. The number of hydrogen-bond acceptors (Lipinski definition) is 0. The van der Waals surface area contributed by atoms with Gasteiger partial charge in [0.25, 0.3) is 0 Å². The van der Waals surface area contributed by atoms with Crippen LogP contribution in [0, 0.1) is 12.5 Å². The fourth-order valence-corrected chi connectivity index (χ4v) is 6.75. The largest absolute Gasteiger partial charge is 2.00 e. The van der Waals surface area contributed by atoms with Gasteiger partial charge in [-0.3, -0.25) is 0 Å². The molecule has 1 aliphatic carbocycles. The average molecular weight is 841 g/mol. The second kappa shape index (κ2) is 18.4. The summed E-state index contributed by atoms with van der Waals surface area (Å²) in [5.41, 5.74) is 11.1. The average Bonchev–Trinajstić information content (AvgIpc) is 3.79. The van der Waals surface area contributed by atoms with Crippen LogP contribution in [0.3, 0.4) is 0 Å². The minimum Gasteiger partial charge on any atom is -1.00 e. The van der Waals surface area contributed by atoms with Crippen molar-refractivity contribution in [2.45, 2.75) is 58.8 Å². The van der Waals surface area contributed by atoms with E-state index in [-0.39, 0.29) is 61.8 Å². The smallest absolute Gasteiger partial charge is 1.00 e. The van der Waals surface area contributed by atoms with Gasteiger partial charge >= 0.3 is 26.2 Å². The number of hydrogen-bond donors (Lipinski definition) is 0. The molecule has 0 N–H and O–H groups in total. The van der Waals surface area contributed by atoms with E-state index in [4.69, 9.17) is 23.2 Å². The van der Waals surface area contributed by atoms with E-state index in [0.29, 0.717) is 0 Å². The second-order valence-corrected chi connectivity index (χ2v) is 15.6. The standard InChI is InChI=1S/C21H13Cl2.C21H25.C5H5.2ClH.Zr/c22-20-11-9-14(16-5-1-3-7-18(16)20)13-15-10-12-21(23)19-8-4-2-6-17(15)19;1-20(2,3)16-9-7-14-11-15-8-10-17(21(4,5)6)13-19(15)18(14)12-16;1-2-4-5-3-1;;;/h1-13H;7,9-10,12-13H,11H2,1-6H3;1-5H;2*1H;/q3*-1;;;+2/p-2. The molecule has 0 heterocycles. The summed E-state index contributed by atoms with van der Waals surface area (Å²) in [6, 6.07) is 49.5. The molecule has 0 bridgehead atoms. The van der Waals surface area contributed by atoms with Crippen molar-refractivity contribution in [3.63, 3.8) is 0 Å². The van der Waals surface area contributed by atoms with Crippen molar-refractivity contribution in [1.29, 1.82) is 0 Å². The van der Waals surface area contributed by atoms with Crippen molar-refractivity contribution in [2.75, 3.05) is 0 Å². The third-order valence-corrected chi connectivity index (χ3v) is 9.86. The molecule has 52 heavy (non-hydrogen) atoms. The van der Waals surface area contributed by atoms with Crippen molar-refractivity contribution in [2.24, 2.45) is 0 Å². The number of rotatable bonds is 2. The van der Waals surface area contributed by atoms with Gasteiger partial charge in [-0.15, -0.1) is 35.2 Å². The molecule has 0 nitrogen and oxygen atoms in total. The Bertz CT molecular complexity index is 2060. The molecule has 7 aromatic carbocycles. The van der Waals surface area contributed by atoms with Crippen LogP contribution in [0.2, 0.25) is 10.0 Å². The molecular formula is C47H43Cl4Zr-3. The molecular weight excluding hydrogens is 798 g/mol. The first-order valence-corrected chi connectivity index (χ1v) is 17.7. The van der Waals surface area contributed by atoms with Crippen LogP contribution in [-0.2, 0) is 43.5 Å². The van der Waals surface area contributed by atoms with Crippen LogP contribution >= 0.6 is 23.2 Å². The Labute approximate surface area is 352 Å². The van der Waals surface area contributed by atoms with Crippen molar-refractivity contribution in [1.82, 2.24) is 0 Å². The van der Waals surface area contributed by atoms with Gasteiger partial charge in [0, 0.05) is 10.0 Å². The van der Waals surface area contributed by atoms with Gasteiger partial charge in [-0.05, 0) is 28.2 Å². The van der Waals surface area contributed by atoms with Gasteiger partial charge in [0.05, 0.1) is 0 Å². The minimum atomic E-state index is 0. The van der Waals surface area contributed by atoms with Crippen LogP contribution in [0.5, 0.6) is 0 Å². The Balaban J connectivity index is 0.000000236. The predicted octanol–water partition coefficient (Wildman–Crippen LogP) is 7.96. The van der Waals surface area contributed by atoms with Crippen LogP contribution < -0.4 is 24.8 Å². The zero-order chi connectivity index (χ0) is 34.8. The Morgan fingerprint density at radius 1 is 0.577 bits per heavy atom. The molecule has 0 aromatic heterocycles. The monoisotopic (exact) mass is 837 g/mol. The Hall–Kier alpha value is -2.90. The number of halogens is 4. The second-order valence-electron chi connectivity index (χ2n) is 14.8.